The lowest BCUT2D eigenvalue weighted by atomic mass is 9.96. The standard InChI is InChI=1S/C10H21N3O3S/c1-8(2)9(3)10(14)12-4-6-13(7-5-12)17(11,15)16/h8-9H,4-7H2,1-3H3,(H2,11,15,16). The molecule has 7 heteroatoms. The van der Waals surface area contributed by atoms with E-state index in [0.29, 0.717) is 19.0 Å². The van der Waals surface area contributed by atoms with Crippen molar-refractivity contribution in [3.05, 3.63) is 0 Å². The van der Waals surface area contributed by atoms with Crippen LogP contribution >= 0.6 is 0 Å². The fourth-order valence-electron chi connectivity index (χ4n) is 1.74. The zero-order valence-corrected chi connectivity index (χ0v) is 11.4. The van der Waals surface area contributed by atoms with Crippen LogP contribution in [0.3, 0.4) is 0 Å². The van der Waals surface area contributed by atoms with Gasteiger partial charge in [-0.15, -0.1) is 0 Å². The van der Waals surface area contributed by atoms with Crippen LogP contribution in [0.5, 0.6) is 0 Å². The minimum absolute atomic E-state index is 0.0315. The molecule has 1 aliphatic heterocycles. The van der Waals surface area contributed by atoms with Crippen LogP contribution in [0.1, 0.15) is 20.8 Å². The molecule has 1 heterocycles. The van der Waals surface area contributed by atoms with E-state index in [4.69, 9.17) is 5.14 Å². The highest BCUT2D eigenvalue weighted by Gasteiger charge is 2.29. The number of nitrogens with two attached hydrogens (primary N) is 1. The topological polar surface area (TPSA) is 83.7 Å². The third-order valence-corrected chi connectivity index (χ3v) is 4.38. The zero-order valence-electron chi connectivity index (χ0n) is 10.6. The van der Waals surface area contributed by atoms with Crippen molar-refractivity contribution in [2.24, 2.45) is 17.0 Å². The van der Waals surface area contributed by atoms with Gasteiger partial charge < -0.3 is 4.90 Å². The average molecular weight is 263 g/mol. The van der Waals surface area contributed by atoms with Crippen molar-refractivity contribution in [3.63, 3.8) is 0 Å². The van der Waals surface area contributed by atoms with Gasteiger partial charge >= 0.3 is 0 Å². The normalized spacial score (nSPS) is 20.6. The van der Waals surface area contributed by atoms with Crippen molar-refractivity contribution in [2.75, 3.05) is 26.2 Å². The molecule has 0 aromatic carbocycles. The number of hydrogen-bond donors (Lipinski definition) is 1. The van der Waals surface area contributed by atoms with Crippen LogP contribution in [0.4, 0.5) is 0 Å². The molecule has 1 rings (SSSR count). The number of rotatable bonds is 3. The van der Waals surface area contributed by atoms with Crippen molar-refractivity contribution in [1.29, 1.82) is 0 Å². The second-order valence-corrected chi connectivity index (χ2v) is 6.35. The Labute approximate surface area is 103 Å². The molecule has 17 heavy (non-hydrogen) atoms. The summed E-state index contributed by atoms with van der Waals surface area (Å²) in [4.78, 5) is 13.7. The molecule has 0 saturated carbocycles. The number of piperazine rings is 1. The molecule has 0 radical (unpaired) electrons. The minimum Gasteiger partial charge on any atom is -0.340 e. The summed E-state index contributed by atoms with van der Waals surface area (Å²) in [5.74, 6) is 0.351. The number of nitrogens with zero attached hydrogens (tertiary/aromatic N) is 2. The Morgan fingerprint density at radius 2 is 1.59 bits per heavy atom. The maximum atomic E-state index is 12.0. The summed E-state index contributed by atoms with van der Waals surface area (Å²) in [5.41, 5.74) is 0. The van der Waals surface area contributed by atoms with Gasteiger partial charge in [-0.05, 0) is 5.92 Å². The Bertz CT molecular complexity index is 372. The smallest absolute Gasteiger partial charge is 0.277 e. The first kappa shape index (κ1) is 14.4. The Balaban J connectivity index is 2.56. The molecule has 1 fully saturated rings. The first-order valence-electron chi connectivity index (χ1n) is 5.80. The summed E-state index contributed by atoms with van der Waals surface area (Å²) in [5, 5.41) is 5.03. The summed E-state index contributed by atoms with van der Waals surface area (Å²) in [7, 11) is -3.62. The monoisotopic (exact) mass is 263 g/mol. The van der Waals surface area contributed by atoms with Crippen LogP contribution in [0, 0.1) is 11.8 Å². The second kappa shape index (κ2) is 5.32. The predicted molar refractivity (Wildman–Crippen MR) is 65.3 cm³/mol. The van der Waals surface area contributed by atoms with Gasteiger partial charge in [-0.3, -0.25) is 4.79 Å². The summed E-state index contributed by atoms with van der Waals surface area (Å²) >= 11 is 0. The van der Waals surface area contributed by atoms with Crippen LogP contribution in [0.2, 0.25) is 0 Å². The molecular formula is C10H21N3O3S. The lowest BCUT2D eigenvalue weighted by molar-refractivity contribution is -0.137. The molecule has 1 saturated heterocycles. The fraction of sp³-hybridized carbons (Fsp3) is 0.900. The van der Waals surface area contributed by atoms with Gasteiger partial charge in [-0.2, -0.15) is 12.7 Å². The molecular weight excluding hydrogens is 242 g/mol. The average Bonchev–Trinajstić information content (AvgIpc) is 2.26. The molecule has 1 unspecified atom stereocenters. The van der Waals surface area contributed by atoms with Gasteiger partial charge in [0.2, 0.25) is 5.91 Å². The Morgan fingerprint density at radius 3 is 1.94 bits per heavy atom. The third-order valence-electron chi connectivity index (χ3n) is 3.30. The first-order chi connectivity index (χ1) is 7.73. The van der Waals surface area contributed by atoms with E-state index >= 15 is 0 Å². The predicted octanol–water partition coefficient (Wildman–Crippen LogP) is -0.374. The summed E-state index contributed by atoms with van der Waals surface area (Å²) < 4.78 is 23.4. The maximum absolute atomic E-state index is 12.0. The summed E-state index contributed by atoms with van der Waals surface area (Å²) in [6, 6.07) is 0. The SMILES string of the molecule is CC(C)C(C)C(=O)N1CCN(S(N)(=O)=O)CC1. The van der Waals surface area contributed by atoms with Crippen LogP contribution in [0.25, 0.3) is 0 Å². The molecule has 1 atom stereocenters. The molecule has 0 bridgehead atoms. The molecule has 1 aliphatic rings. The second-order valence-electron chi connectivity index (χ2n) is 4.80. The van der Waals surface area contributed by atoms with Crippen molar-refractivity contribution in [2.45, 2.75) is 20.8 Å². The maximum Gasteiger partial charge on any atom is 0.277 e. The van der Waals surface area contributed by atoms with Gasteiger partial charge in [-0.25, -0.2) is 5.14 Å². The number of carbonyl (C=O) groups is 1. The van der Waals surface area contributed by atoms with E-state index in [1.165, 1.54) is 4.31 Å². The van der Waals surface area contributed by atoms with E-state index < -0.39 is 10.2 Å². The van der Waals surface area contributed by atoms with E-state index in [2.05, 4.69) is 0 Å². The number of carbonyl (C=O) groups excluding carboxylic acids is 1. The lowest BCUT2D eigenvalue weighted by Crippen LogP contribution is -2.53. The minimum atomic E-state index is -3.62. The summed E-state index contributed by atoms with van der Waals surface area (Å²) in [6.45, 7) is 7.33. The van der Waals surface area contributed by atoms with Crippen molar-refractivity contribution >= 4 is 16.1 Å². The highest BCUT2D eigenvalue weighted by atomic mass is 32.2. The van der Waals surface area contributed by atoms with Crippen molar-refractivity contribution in [3.8, 4) is 0 Å². The lowest BCUT2D eigenvalue weighted by Gasteiger charge is -2.35. The van der Waals surface area contributed by atoms with E-state index in [9.17, 15) is 13.2 Å². The van der Waals surface area contributed by atoms with E-state index in [1.807, 2.05) is 20.8 Å². The van der Waals surface area contributed by atoms with E-state index in [0.717, 1.165) is 0 Å². The van der Waals surface area contributed by atoms with Gasteiger partial charge in [0, 0.05) is 32.1 Å². The van der Waals surface area contributed by atoms with E-state index in [1.54, 1.807) is 4.90 Å². The molecule has 100 valence electrons. The van der Waals surface area contributed by atoms with Crippen molar-refractivity contribution < 1.29 is 13.2 Å². The van der Waals surface area contributed by atoms with Crippen molar-refractivity contribution in [1.82, 2.24) is 9.21 Å². The molecule has 0 aliphatic carbocycles. The third kappa shape index (κ3) is 3.65. The van der Waals surface area contributed by atoms with Gasteiger partial charge in [0.05, 0.1) is 0 Å². The van der Waals surface area contributed by atoms with Crippen LogP contribution in [0.15, 0.2) is 0 Å². The molecule has 1 amide bonds. The van der Waals surface area contributed by atoms with Gasteiger partial charge in [-0.1, -0.05) is 20.8 Å². The van der Waals surface area contributed by atoms with Gasteiger partial charge in [0.1, 0.15) is 0 Å². The van der Waals surface area contributed by atoms with Gasteiger partial charge in [0.15, 0.2) is 0 Å². The molecule has 6 nitrogen and oxygen atoms in total. The Kier molecular flexibility index (Phi) is 4.51. The first-order valence-corrected chi connectivity index (χ1v) is 7.30. The number of hydrogen-bond acceptors (Lipinski definition) is 3. The van der Waals surface area contributed by atoms with Gasteiger partial charge in [0.25, 0.3) is 10.2 Å². The quantitative estimate of drug-likeness (QED) is 0.754. The fourth-order valence-corrected chi connectivity index (χ4v) is 2.41. The highest BCUT2D eigenvalue weighted by molar-refractivity contribution is 7.86. The molecule has 0 aromatic heterocycles. The molecule has 2 N–H and O–H groups in total. The van der Waals surface area contributed by atoms with Crippen LogP contribution < -0.4 is 5.14 Å². The highest BCUT2D eigenvalue weighted by Crippen LogP contribution is 2.15. The number of amides is 1. The van der Waals surface area contributed by atoms with Crippen LogP contribution in [-0.2, 0) is 15.0 Å². The van der Waals surface area contributed by atoms with E-state index in [-0.39, 0.29) is 24.9 Å². The molecule has 0 aromatic rings. The van der Waals surface area contributed by atoms with Crippen LogP contribution in [-0.4, -0.2) is 49.7 Å². The summed E-state index contributed by atoms with van der Waals surface area (Å²) in [6.07, 6.45) is 0. The largest absolute Gasteiger partial charge is 0.340 e. The Morgan fingerprint density at radius 1 is 1.12 bits per heavy atom. The molecule has 0 spiro atoms. The Hall–Kier alpha value is -0.660. The zero-order chi connectivity index (χ0) is 13.2.